The molecule has 1 heterocycles. The zero-order valence-corrected chi connectivity index (χ0v) is 19.7. The molecule has 0 bridgehead atoms. The van der Waals surface area contributed by atoms with Gasteiger partial charge >= 0.3 is 17.8 Å². The molecule has 5 N–H and O–H groups in total. The summed E-state index contributed by atoms with van der Waals surface area (Å²) in [5, 5.41) is 27.4. The Balaban J connectivity index is 0.000000479. The first kappa shape index (κ1) is 27.5. The van der Waals surface area contributed by atoms with Crippen molar-refractivity contribution in [3.8, 4) is 5.69 Å². The van der Waals surface area contributed by atoms with E-state index in [2.05, 4.69) is 20.7 Å². The number of aromatic nitrogens is 3. The van der Waals surface area contributed by atoms with Gasteiger partial charge in [-0.1, -0.05) is 25.0 Å². The van der Waals surface area contributed by atoms with Crippen LogP contribution in [0.4, 0.5) is 24.8 Å². The molecule has 13 heteroatoms. The number of amides is 1. The molecular weight excluding hydrogens is 495 g/mol. The minimum absolute atomic E-state index is 0.195. The fourth-order valence-electron chi connectivity index (χ4n) is 3.69. The number of carboxylic acids is 1. The van der Waals surface area contributed by atoms with E-state index in [1.807, 2.05) is 31.2 Å². The number of alkyl halides is 3. The number of hydrogen-bond donors (Lipinski definition) is 5. The number of H-pyrrole nitrogens is 1. The number of aliphatic carboxylic acids is 1. The van der Waals surface area contributed by atoms with Crippen LogP contribution >= 0.6 is 0 Å². The molecule has 1 fully saturated rings. The zero-order chi connectivity index (χ0) is 27.2. The lowest BCUT2D eigenvalue weighted by molar-refractivity contribution is -0.192. The average molecular weight is 521 g/mol. The number of aryl methyl sites for hydroxylation is 1. The van der Waals surface area contributed by atoms with Crippen LogP contribution in [0.1, 0.15) is 41.6 Å². The predicted octanol–water partition coefficient (Wildman–Crippen LogP) is 3.28. The summed E-state index contributed by atoms with van der Waals surface area (Å²) in [5.41, 5.74) is 2.57. The predicted molar refractivity (Wildman–Crippen MR) is 128 cm³/mol. The van der Waals surface area contributed by atoms with Crippen molar-refractivity contribution in [2.75, 3.05) is 5.32 Å². The Morgan fingerprint density at radius 2 is 1.76 bits per heavy atom. The third-order valence-corrected chi connectivity index (χ3v) is 5.56. The summed E-state index contributed by atoms with van der Waals surface area (Å²) in [7, 11) is 0. The van der Waals surface area contributed by atoms with Gasteiger partial charge in [-0.2, -0.15) is 17.9 Å². The van der Waals surface area contributed by atoms with Crippen molar-refractivity contribution in [3.63, 3.8) is 0 Å². The van der Waals surface area contributed by atoms with E-state index >= 15 is 0 Å². The van der Waals surface area contributed by atoms with Gasteiger partial charge in [0.2, 0.25) is 5.95 Å². The van der Waals surface area contributed by atoms with Crippen LogP contribution in [0.15, 0.2) is 53.3 Å². The number of carboxylic acid groups (broad SMARTS) is 1. The second-order valence-corrected chi connectivity index (χ2v) is 8.47. The molecule has 1 aromatic heterocycles. The summed E-state index contributed by atoms with van der Waals surface area (Å²) in [5.74, 6) is -2.65. The second-order valence-electron chi connectivity index (χ2n) is 8.47. The lowest BCUT2D eigenvalue weighted by atomic mass is 9.92. The molecule has 198 valence electrons. The van der Waals surface area contributed by atoms with E-state index < -0.39 is 18.2 Å². The summed E-state index contributed by atoms with van der Waals surface area (Å²) in [6, 6.07) is 14.2. The van der Waals surface area contributed by atoms with Gasteiger partial charge in [0.15, 0.2) is 0 Å². The van der Waals surface area contributed by atoms with Crippen molar-refractivity contribution < 1.29 is 33.0 Å². The number of halogens is 3. The maximum Gasteiger partial charge on any atom is 0.490 e. The Bertz CT molecular complexity index is 1290. The molecule has 0 saturated heterocycles. The fourth-order valence-corrected chi connectivity index (χ4v) is 3.69. The van der Waals surface area contributed by atoms with Gasteiger partial charge in [0.25, 0.3) is 5.91 Å². The van der Waals surface area contributed by atoms with Crippen molar-refractivity contribution >= 4 is 23.5 Å². The van der Waals surface area contributed by atoms with E-state index in [4.69, 9.17) is 9.90 Å². The van der Waals surface area contributed by atoms with E-state index in [1.165, 1.54) is 4.68 Å². The molecule has 2 unspecified atom stereocenters. The molecule has 37 heavy (non-hydrogen) atoms. The smallest absolute Gasteiger partial charge is 0.475 e. The van der Waals surface area contributed by atoms with Crippen LogP contribution in [-0.2, 0) is 4.79 Å². The highest BCUT2D eigenvalue weighted by atomic mass is 19.4. The second kappa shape index (κ2) is 11.7. The Hall–Kier alpha value is -4.13. The summed E-state index contributed by atoms with van der Waals surface area (Å²) in [4.78, 5) is 36.3. The topological polar surface area (TPSA) is 149 Å². The first-order chi connectivity index (χ1) is 17.4. The largest absolute Gasteiger partial charge is 0.490 e. The standard InChI is InChI=1S/C22H25N5O3.C2HF3O2/c1-14-5-4-6-17(13-14)27-22(30)25-21(26-27)23-16-11-9-15(10-12-16)20(29)24-18-7-2-3-8-19(18)28;3-2(4,5)1(6)7/h4-6,9-13,18-19,28H,2-3,7-8H2,1H3,(H,24,29)(H2,23,25,26,30);(H,6,7). The molecule has 10 nitrogen and oxygen atoms in total. The minimum Gasteiger partial charge on any atom is -0.475 e. The summed E-state index contributed by atoms with van der Waals surface area (Å²) in [6.45, 7) is 1.95. The highest BCUT2D eigenvalue weighted by Crippen LogP contribution is 2.20. The molecule has 4 rings (SSSR count). The molecule has 0 radical (unpaired) electrons. The summed E-state index contributed by atoms with van der Waals surface area (Å²) < 4.78 is 33.0. The Kier molecular flexibility index (Phi) is 8.71. The molecule has 2 aromatic carbocycles. The van der Waals surface area contributed by atoms with Gasteiger partial charge in [-0.25, -0.2) is 9.59 Å². The van der Waals surface area contributed by atoms with Crippen molar-refractivity contribution in [1.82, 2.24) is 20.1 Å². The number of aromatic amines is 1. The van der Waals surface area contributed by atoms with Crippen molar-refractivity contribution in [2.24, 2.45) is 0 Å². The number of carbonyl (C=O) groups excluding carboxylic acids is 1. The van der Waals surface area contributed by atoms with Gasteiger partial charge in [0.05, 0.1) is 17.8 Å². The van der Waals surface area contributed by atoms with Crippen LogP contribution < -0.4 is 16.3 Å². The number of anilines is 2. The number of rotatable bonds is 5. The zero-order valence-electron chi connectivity index (χ0n) is 19.7. The number of hydrogen-bond acceptors (Lipinski definition) is 6. The van der Waals surface area contributed by atoms with E-state index in [1.54, 1.807) is 24.3 Å². The van der Waals surface area contributed by atoms with Crippen molar-refractivity contribution in [3.05, 3.63) is 70.1 Å². The summed E-state index contributed by atoms with van der Waals surface area (Å²) >= 11 is 0. The number of aliphatic hydroxyl groups is 1. The molecule has 0 aliphatic heterocycles. The molecule has 1 saturated carbocycles. The first-order valence-corrected chi connectivity index (χ1v) is 11.4. The van der Waals surface area contributed by atoms with Crippen molar-refractivity contribution in [2.45, 2.75) is 50.9 Å². The first-order valence-electron chi connectivity index (χ1n) is 11.4. The number of carbonyl (C=O) groups is 2. The molecule has 1 aliphatic carbocycles. The molecule has 0 spiro atoms. The molecule has 2 atom stereocenters. The highest BCUT2D eigenvalue weighted by Gasteiger charge is 2.38. The number of benzene rings is 2. The highest BCUT2D eigenvalue weighted by molar-refractivity contribution is 5.94. The van der Waals surface area contributed by atoms with E-state index in [0.29, 0.717) is 22.9 Å². The van der Waals surface area contributed by atoms with Gasteiger partial charge in [-0.15, -0.1) is 5.10 Å². The van der Waals surface area contributed by atoms with E-state index in [-0.39, 0.29) is 17.6 Å². The number of aliphatic hydroxyl groups excluding tert-OH is 1. The molecule has 1 aliphatic rings. The Morgan fingerprint density at radius 3 is 2.35 bits per heavy atom. The Morgan fingerprint density at radius 1 is 1.11 bits per heavy atom. The van der Waals surface area contributed by atoms with Crippen LogP contribution in [0.25, 0.3) is 5.69 Å². The molecular formula is C24H26F3N5O5. The van der Waals surface area contributed by atoms with Crippen LogP contribution in [0.3, 0.4) is 0 Å². The third kappa shape index (κ3) is 7.67. The Labute approximate surface area is 209 Å². The van der Waals surface area contributed by atoms with Gasteiger partial charge < -0.3 is 20.8 Å². The van der Waals surface area contributed by atoms with E-state index in [0.717, 1.165) is 31.2 Å². The molecule has 3 aromatic rings. The average Bonchev–Trinajstić information content (AvgIpc) is 3.20. The lowest BCUT2D eigenvalue weighted by Gasteiger charge is -2.28. The number of nitrogens with one attached hydrogen (secondary N) is 3. The van der Waals surface area contributed by atoms with Gasteiger partial charge in [0, 0.05) is 11.3 Å². The quantitative estimate of drug-likeness (QED) is 0.346. The van der Waals surface area contributed by atoms with Gasteiger partial charge in [-0.3, -0.25) is 9.78 Å². The maximum absolute atomic E-state index is 12.5. The lowest BCUT2D eigenvalue weighted by Crippen LogP contribution is -2.45. The third-order valence-electron chi connectivity index (χ3n) is 5.56. The van der Waals surface area contributed by atoms with Crippen LogP contribution in [-0.4, -0.2) is 55.2 Å². The normalized spacial score (nSPS) is 17.3. The van der Waals surface area contributed by atoms with Crippen LogP contribution in [0.5, 0.6) is 0 Å². The van der Waals surface area contributed by atoms with Crippen LogP contribution in [0.2, 0.25) is 0 Å². The maximum atomic E-state index is 12.5. The minimum atomic E-state index is -5.08. The molecule has 1 amide bonds. The van der Waals surface area contributed by atoms with Crippen molar-refractivity contribution in [1.29, 1.82) is 0 Å². The van der Waals surface area contributed by atoms with E-state index in [9.17, 15) is 27.9 Å². The monoisotopic (exact) mass is 521 g/mol. The van der Waals surface area contributed by atoms with Crippen LogP contribution in [0, 0.1) is 6.92 Å². The van der Waals surface area contributed by atoms with Gasteiger partial charge in [-0.05, 0) is 61.7 Å². The SMILES string of the molecule is Cc1cccc(-n2nc(Nc3ccc(C(=O)NC4CCCCC4O)cc3)[nH]c2=O)c1.O=C(O)C(F)(F)F. The number of nitrogens with zero attached hydrogens (tertiary/aromatic N) is 2. The van der Waals surface area contributed by atoms with Gasteiger partial charge in [0.1, 0.15) is 0 Å². The summed E-state index contributed by atoms with van der Waals surface area (Å²) in [6.07, 6.45) is -2.04. The fraction of sp³-hybridized carbons (Fsp3) is 0.333.